The Kier molecular flexibility index (Phi) is 4.13. The lowest BCUT2D eigenvalue weighted by molar-refractivity contribution is 0.165. The van der Waals surface area contributed by atoms with Gasteiger partial charge in [-0.3, -0.25) is 0 Å². The van der Waals surface area contributed by atoms with Crippen LogP contribution in [-0.4, -0.2) is 37.5 Å². The third-order valence-electron chi connectivity index (χ3n) is 3.45. The van der Waals surface area contributed by atoms with Crippen LogP contribution < -0.4 is 5.73 Å². The summed E-state index contributed by atoms with van der Waals surface area (Å²) in [4.78, 5) is 0.239. The fourth-order valence-corrected chi connectivity index (χ4v) is 4.16. The van der Waals surface area contributed by atoms with E-state index in [2.05, 4.69) is 0 Å². The Morgan fingerprint density at radius 3 is 2.79 bits per heavy atom. The van der Waals surface area contributed by atoms with Crippen molar-refractivity contribution >= 4 is 15.7 Å². The number of hydrogen-bond donors (Lipinski definition) is 2. The average Bonchev–Trinajstić information content (AvgIpc) is 2.37. The molecule has 106 valence electrons. The van der Waals surface area contributed by atoms with Crippen LogP contribution in [0.1, 0.15) is 18.4 Å². The Hall–Kier alpha value is -1.11. The van der Waals surface area contributed by atoms with Crippen molar-refractivity contribution in [2.45, 2.75) is 24.7 Å². The molecule has 0 aliphatic carbocycles. The minimum atomic E-state index is -3.51. The lowest BCUT2D eigenvalue weighted by atomic mass is 10.0. The van der Waals surface area contributed by atoms with E-state index < -0.39 is 10.0 Å². The number of nitrogen functional groups attached to an aromatic ring is 1. The zero-order valence-corrected chi connectivity index (χ0v) is 11.9. The Balaban J connectivity index is 2.31. The predicted octanol–water partition coefficient (Wildman–Crippen LogP) is 0.970. The van der Waals surface area contributed by atoms with E-state index in [1.165, 1.54) is 10.4 Å². The van der Waals surface area contributed by atoms with Gasteiger partial charge in [0.1, 0.15) is 0 Å². The van der Waals surface area contributed by atoms with Crippen LogP contribution in [0, 0.1) is 12.8 Å². The molecule has 3 N–H and O–H groups in total. The van der Waals surface area contributed by atoms with Crippen molar-refractivity contribution in [3.05, 3.63) is 23.8 Å². The molecule has 1 aromatic rings. The number of aliphatic hydroxyl groups excluding tert-OH is 1. The number of aliphatic hydroxyl groups is 1. The summed E-state index contributed by atoms with van der Waals surface area (Å²) in [5.74, 6) is 0.0330. The predicted molar refractivity (Wildman–Crippen MR) is 74.2 cm³/mol. The number of sulfonamides is 1. The van der Waals surface area contributed by atoms with Gasteiger partial charge in [0.05, 0.1) is 4.90 Å². The number of nitrogens with two attached hydrogens (primary N) is 1. The summed E-state index contributed by atoms with van der Waals surface area (Å²) in [6.07, 6.45) is 1.66. The molecular weight excluding hydrogens is 264 g/mol. The molecule has 0 radical (unpaired) electrons. The van der Waals surface area contributed by atoms with Crippen LogP contribution in [0.3, 0.4) is 0 Å². The topological polar surface area (TPSA) is 83.6 Å². The monoisotopic (exact) mass is 284 g/mol. The molecule has 1 heterocycles. The Labute approximate surface area is 114 Å². The molecular formula is C13H20N2O3S. The van der Waals surface area contributed by atoms with E-state index in [4.69, 9.17) is 5.73 Å². The number of rotatable bonds is 3. The first kappa shape index (κ1) is 14.3. The maximum Gasteiger partial charge on any atom is 0.243 e. The molecule has 1 fully saturated rings. The van der Waals surface area contributed by atoms with Crippen molar-refractivity contribution < 1.29 is 13.5 Å². The number of nitrogens with zero attached hydrogens (tertiary/aromatic N) is 1. The smallest absolute Gasteiger partial charge is 0.243 e. The zero-order chi connectivity index (χ0) is 14.0. The lowest BCUT2D eigenvalue weighted by Gasteiger charge is -2.31. The number of hydrogen-bond acceptors (Lipinski definition) is 4. The number of benzene rings is 1. The molecule has 1 aliphatic rings. The van der Waals surface area contributed by atoms with E-state index >= 15 is 0 Å². The van der Waals surface area contributed by atoms with Gasteiger partial charge < -0.3 is 10.8 Å². The SMILES string of the molecule is Cc1cc(N)cc(S(=O)(=O)N2CCCC(CO)C2)c1. The molecule has 1 aromatic carbocycles. The second-order valence-corrected chi connectivity index (χ2v) is 7.07. The standard InChI is InChI=1S/C13H20N2O3S/c1-10-5-12(14)7-13(6-10)19(17,18)15-4-2-3-11(8-15)9-16/h5-7,11,16H,2-4,8-9,14H2,1H3. The van der Waals surface area contributed by atoms with Crippen molar-refractivity contribution in [3.63, 3.8) is 0 Å². The Morgan fingerprint density at radius 1 is 1.42 bits per heavy atom. The molecule has 6 heteroatoms. The van der Waals surface area contributed by atoms with Gasteiger partial charge in [0, 0.05) is 25.4 Å². The molecule has 1 atom stereocenters. The first-order chi connectivity index (χ1) is 8.93. The maximum atomic E-state index is 12.5. The van der Waals surface area contributed by atoms with Gasteiger partial charge in [-0.25, -0.2) is 8.42 Å². The molecule has 0 spiro atoms. The van der Waals surface area contributed by atoms with Crippen LogP contribution in [-0.2, 0) is 10.0 Å². The second kappa shape index (κ2) is 5.48. The van der Waals surface area contributed by atoms with Gasteiger partial charge in [-0.05, 0) is 49.4 Å². The molecule has 0 amide bonds. The molecule has 1 unspecified atom stereocenters. The maximum absolute atomic E-state index is 12.5. The van der Waals surface area contributed by atoms with Gasteiger partial charge in [-0.1, -0.05) is 0 Å². The third-order valence-corrected chi connectivity index (χ3v) is 5.29. The van der Waals surface area contributed by atoms with Gasteiger partial charge in [-0.2, -0.15) is 4.31 Å². The summed E-state index contributed by atoms with van der Waals surface area (Å²) in [6, 6.07) is 4.87. The minimum Gasteiger partial charge on any atom is -0.399 e. The Bertz CT molecular complexity index is 537. The number of aryl methyl sites for hydroxylation is 1. The van der Waals surface area contributed by atoms with Crippen LogP contribution in [0.15, 0.2) is 23.1 Å². The van der Waals surface area contributed by atoms with Crippen LogP contribution in [0.4, 0.5) is 5.69 Å². The van der Waals surface area contributed by atoms with Crippen LogP contribution in [0.2, 0.25) is 0 Å². The molecule has 19 heavy (non-hydrogen) atoms. The first-order valence-electron chi connectivity index (χ1n) is 6.41. The van der Waals surface area contributed by atoms with E-state index in [-0.39, 0.29) is 17.4 Å². The minimum absolute atomic E-state index is 0.0297. The van der Waals surface area contributed by atoms with Crippen molar-refractivity contribution in [3.8, 4) is 0 Å². The molecule has 0 aromatic heterocycles. The fourth-order valence-electron chi connectivity index (χ4n) is 2.47. The summed E-state index contributed by atoms with van der Waals surface area (Å²) >= 11 is 0. The average molecular weight is 284 g/mol. The van der Waals surface area contributed by atoms with Gasteiger partial charge >= 0.3 is 0 Å². The van der Waals surface area contributed by atoms with Crippen molar-refractivity contribution in [2.75, 3.05) is 25.4 Å². The summed E-state index contributed by atoms with van der Waals surface area (Å²) in [6.45, 7) is 2.74. The molecule has 5 nitrogen and oxygen atoms in total. The van der Waals surface area contributed by atoms with Gasteiger partial charge in [0.2, 0.25) is 10.0 Å². The van der Waals surface area contributed by atoms with Gasteiger partial charge in [-0.15, -0.1) is 0 Å². The fraction of sp³-hybridized carbons (Fsp3) is 0.538. The highest BCUT2D eigenvalue weighted by Crippen LogP contribution is 2.25. The van der Waals surface area contributed by atoms with E-state index in [1.807, 2.05) is 6.92 Å². The van der Waals surface area contributed by atoms with Gasteiger partial charge in [0.15, 0.2) is 0 Å². The van der Waals surface area contributed by atoms with Crippen molar-refractivity contribution in [2.24, 2.45) is 5.92 Å². The molecule has 0 bridgehead atoms. The molecule has 1 aliphatic heterocycles. The Morgan fingerprint density at radius 2 is 2.16 bits per heavy atom. The highest BCUT2D eigenvalue weighted by molar-refractivity contribution is 7.89. The number of anilines is 1. The zero-order valence-electron chi connectivity index (χ0n) is 11.0. The first-order valence-corrected chi connectivity index (χ1v) is 7.85. The summed E-state index contributed by atoms with van der Waals surface area (Å²) in [5, 5.41) is 9.19. The summed E-state index contributed by atoms with van der Waals surface area (Å²) in [7, 11) is -3.51. The lowest BCUT2D eigenvalue weighted by Crippen LogP contribution is -2.40. The normalized spacial score (nSPS) is 21.5. The summed E-state index contributed by atoms with van der Waals surface area (Å²) in [5.41, 5.74) is 7.00. The van der Waals surface area contributed by atoms with Crippen LogP contribution >= 0.6 is 0 Å². The van der Waals surface area contributed by atoms with Crippen molar-refractivity contribution in [1.82, 2.24) is 4.31 Å². The van der Waals surface area contributed by atoms with E-state index in [1.54, 1.807) is 12.1 Å². The quantitative estimate of drug-likeness (QED) is 0.810. The molecule has 0 saturated carbocycles. The second-order valence-electron chi connectivity index (χ2n) is 5.13. The van der Waals surface area contributed by atoms with E-state index in [9.17, 15) is 13.5 Å². The highest BCUT2D eigenvalue weighted by Gasteiger charge is 2.30. The van der Waals surface area contributed by atoms with Crippen molar-refractivity contribution in [1.29, 1.82) is 0 Å². The summed E-state index contributed by atoms with van der Waals surface area (Å²) < 4.78 is 26.5. The third kappa shape index (κ3) is 3.08. The largest absolute Gasteiger partial charge is 0.399 e. The van der Waals surface area contributed by atoms with Crippen LogP contribution in [0.25, 0.3) is 0 Å². The van der Waals surface area contributed by atoms with E-state index in [0.717, 1.165) is 18.4 Å². The van der Waals surface area contributed by atoms with E-state index in [0.29, 0.717) is 18.8 Å². The van der Waals surface area contributed by atoms with Crippen LogP contribution in [0.5, 0.6) is 0 Å². The van der Waals surface area contributed by atoms with Gasteiger partial charge in [0.25, 0.3) is 0 Å². The molecule has 2 rings (SSSR count). The molecule has 1 saturated heterocycles. The highest BCUT2D eigenvalue weighted by atomic mass is 32.2. The number of piperidine rings is 1.